The molecule has 1 N–H and O–H groups in total. The minimum absolute atomic E-state index is 0.491. The molecule has 0 radical (unpaired) electrons. The van der Waals surface area contributed by atoms with Gasteiger partial charge < -0.3 is 14.8 Å². The lowest BCUT2D eigenvalue weighted by Crippen LogP contribution is -2.21. The van der Waals surface area contributed by atoms with Crippen molar-refractivity contribution in [2.24, 2.45) is 0 Å². The number of methoxy groups -OCH3 is 1. The molecule has 2 aromatic rings. The summed E-state index contributed by atoms with van der Waals surface area (Å²) in [4.78, 5) is 1.39. The Balaban J connectivity index is 2.08. The van der Waals surface area contributed by atoms with Gasteiger partial charge in [-0.3, -0.25) is 0 Å². The molecule has 0 saturated heterocycles. The number of benzene rings is 1. The van der Waals surface area contributed by atoms with E-state index in [2.05, 4.69) is 43.4 Å². The van der Waals surface area contributed by atoms with Crippen LogP contribution in [0.1, 0.15) is 30.7 Å². The molecule has 0 aliphatic carbocycles. The maximum Gasteiger partial charge on any atom is 0.0734 e. The second-order valence-corrected chi connectivity index (χ2v) is 6.57. The molecule has 0 saturated carbocycles. The number of ether oxygens (including phenoxy) is 2. The standard InChI is InChI=1S/C17H25NO2S/c1-13(2)18-11-17-15(12-20-10-6-9-19-3)14-7-4-5-8-16(14)21-17/h4-5,7-8,13,18H,6,9-12H2,1-3H3. The fourth-order valence-electron chi connectivity index (χ4n) is 2.23. The van der Waals surface area contributed by atoms with Crippen LogP contribution in [0.2, 0.25) is 0 Å². The Hall–Kier alpha value is -0.940. The first kappa shape index (κ1) is 16.4. The molecule has 0 atom stereocenters. The average Bonchev–Trinajstić information content (AvgIpc) is 2.83. The van der Waals surface area contributed by atoms with Gasteiger partial charge in [0.15, 0.2) is 0 Å². The molecule has 1 aromatic carbocycles. The smallest absolute Gasteiger partial charge is 0.0734 e. The van der Waals surface area contributed by atoms with Gasteiger partial charge >= 0.3 is 0 Å². The van der Waals surface area contributed by atoms with E-state index in [1.165, 1.54) is 20.5 Å². The molecule has 1 heterocycles. The second-order valence-electron chi connectivity index (χ2n) is 5.43. The molecule has 21 heavy (non-hydrogen) atoms. The van der Waals surface area contributed by atoms with Gasteiger partial charge in [0.25, 0.3) is 0 Å². The number of nitrogens with one attached hydrogen (secondary N) is 1. The van der Waals surface area contributed by atoms with Crippen LogP contribution < -0.4 is 5.32 Å². The van der Waals surface area contributed by atoms with Gasteiger partial charge in [0.1, 0.15) is 0 Å². The highest BCUT2D eigenvalue weighted by Gasteiger charge is 2.12. The van der Waals surface area contributed by atoms with E-state index in [4.69, 9.17) is 9.47 Å². The zero-order valence-corrected chi connectivity index (χ0v) is 14.0. The van der Waals surface area contributed by atoms with Crippen molar-refractivity contribution in [3.05, 3.63) is 34.7 Å². The summed E-state index contributed by atoms with van der Waals surface area (Å²) in [6.07, 6.45) is 0.943. The van der Waals surface area contributed by atoms with Gasteiger partial charge in [-0.25, -0.2) is 0 Å². The van der Waals surface area contributed by atoms with Gasteiger partial charge in [0, 0.05) is 48.1 Å². The molecule has 0 aliphatic heterocycles. The fourth-order valence-corrected chi connectivity index (χ4v) is 3.39. The van der Waals surface area contributed by atoms with Crippen LogP contribution in [0.5, 0.6) is 0 Å². The zero-order chi connectivity index (χ0) is 15.1. The largest absolute Gasteiger partial charge is 0.385 e. The summed E-state index contributed by atoms with van der Waals surface area (Å²) in [5.74, 6) is 0. The van der Waals surface area contributed by atoms with Crippen molar-refractivity contribution < 1.29 is 9.47 Å². The van der Waals surface area contributed by atoms with E-state index >= 15 is 0 Å². The topological polar surface area (TPSA) is 30.5 Å². The van der Waals surface area contributed by atoms with Crippen LogP contribution in [-0.2, 0) is 22.6 Å². The number of hydrogen-bond donors (Lipinski definition) is 1. The monoisotopic (exact) mass is 307 g/mol. The Morgan fingerprint density at radius 3 is 2.76 bits per heavy atom. The summed E-state index contributed by atoms with van der Waals surface area (Å²) in [6, 6.07) is 9.07. The Morgan fingerprint density at radius 2 is 2.00 bits per heavy atom. The van der Waals surface area contributed by atoms with Gasteiger partial charge in [-0.05, 0) is 17.9 Å². The van der Waals surface area contributed by atoms with E-state index in [1.807, 2.05) is 11.3 Å². The lowest BCUT2D eigenvalue weighted by Gasteiger charge is -2.09. The predicted molar refractivity (Wildman–Crippen MR) is 89.9 cm³/mol. The summed E-state index contributed by atoms with van der Waals surface area (Å²) in [7, 11) is 1.72. The van der Waals surface area contributed by atoms with Crippen molar-refractivity contribution in [3.8, 4) is 0 Å². The van der Waals surface area contributed by atoms with E-state index in [0.29, 0.717) is 12.6 Å². The SMILES string of the molecule is COCCCOCc1c(CNC(C)C)sc2ccccc12. The van der Waals surface area contributed by atoms with Crippen molar-refractivity contribution in [3.63, 3.8) is 0 Å². The van der Waals surface area contributed by atoms with Crippen LogP contribution in [0.15, 0.2) is 24.3 Å². The highest BCUT2D eigenvalue weighted by molar-refractivity contribution is 7.19. The van der Waals surface area contributed by atoms with E-state index in [0.717, 1.165) is 26.2 Å². The second kappa shape index (κ2) is 8.49. The van der Waals surface area contributed by atoms with Crippen LogP contribution in [-0.4, -0.2) is 26.4 Å². The zero-order valence-electron chi connectivity index (χ0n) is 13.1. The third-order valence-electron chi connectivity index (χ3n) is 3.34. The molecule has 0 unspecified atom stereocenters. The van der Waals surface area contributed by atoms with E-state index in [1.54, 1.807) is 7.11 Å². The lowest BCUT2D eigenvalue weighted by molar-refractivity contribution is 0.0932. The highest BCUT2D eigenvalue weighted by Crippen LogP contribution is 2.31. The molecule has 0 fully saturated rings. The maximum absolute atomic E-state index is 5.83. The van der Waals surface area contributed by atoms with Crippen molar-refractivity contribution >= 4 is 21.4 Å². The van der Waals surface area contributed by atoms with Crippen LogP contribution in [0.3, 0.4) is 0 Å². The van der Waals surface area contributed by atoms with E-state index in [-0.39, 0.29) is 0 Å². The molecule has 1 aromatic heterocycles. The summed E-state index contributed by atoms with van der Waals surface area (Å²) < 4.78 is 12.2. The van der Waals surface area contributed by atoms with Gasteiger partial charge in [0.2, 0.25) is 0 Å². The van der Waals surface area contributed by atoms with Crippen molar-refractivity contribution in [1.82, 2.24) is 5.32 Å². The van der Waals surface area contributed by atoms with Crippen LogP contribution in [0, 0.1) is 0 Å². The van der Waals surface area contributed by atoms with Crippen molar-refractivity contribution in [2.75, 3.05) is 20.3 Å². The molecule has 0 amide bonds. The quantitative estimate of drug-likeness (QED) is 0.712. The predicted octanol–water partition coefficient (Wildman–Crippen LogP) is 3.95. The minimum atomic E-state index is 0.491. The Morgan fingerprint density at radius 1 is 1.19 bits per heavy atom. The third-order valence-corrected chi connectivity index (χ3v) is 4.55. The van der Waals surface area contributed by atoms with Gasteiger partial charge in [-0.1, -0.05) is 32.0 Å². The van der Waals surface area contributed by atoms with Gasteiger partial charge in [-0.15, -0.1) is 11.3 Å². The summed E-state index contributed by atoms with van der Waals surface area (Å²) >= 11 is 1.87. The Bertz CT molecular complexity index is 551. The van der Waals surface area contributed by atoms with E-state index < -0.39 is 0 Å². The van der Waals surface area contributed by atoms with Crippen LogP contribution in [0.25, 0.3) is 10.1 Å². The fraction of sp³-hybridized carbons (Fsp3) is 0.529. The first-order valence-corrected chi connectivity index (χ1v) is 8.33. The molecular formula is C17H25NO2S. The molecule has 116 valence electrons. The lowest BCUT2D eigenvalue weighted by atomic mass is 10.1. The van der Waals surface area contributed by atoms with Crippen LogP contribution in [0.4, 0.5) is 0 Å². The molecule has 0 aliphatic rings. The first-order valence-electron chi connectivity index (χ1n) is 7.51. The van der Waals surface area contributed by atoms with Crippen LogP contribution >= 0.6 is 11.3 Å². The summed E-state index contributed by atoms with van der Waals surface area (Å²) in [5.41, 5.74) is 1.33. The number of rotatable bonds is 9. The first-order chi connectivity index (χ1) is 10.2. The summed E-state index contributed by atoms with van der Waals surface area (Å²) in [6.45, 7) is 7.44. The molecule has 0 spiro atoms. The number of fused-ring (bicyclic) bond motifs is 1. The normalized spacial score (nSPS) is 11.6. The highest BCUT2D eigenvalue weighted by atomic mass is 32.1. The number of hydrogen-bond acceptors (Lipinski definition) is 4. The third kappa shape index (κ3) is 4.78. The molecular weight excluding hydrogens is 282 g/mol. The molecule has 4 heteroatoms. The van der Waals surface area contributed by atoms with Gasteiger partial charge in [-0.2, -0.15) is 0 Å². The Labute approximate surface area is 131 Å². The summed E-state index contributed by atoms with van der Waals surface area (Å²) in [5, 5.41) is 4.84. The Kier molecular flexibility index (Phi) is 6.64. The molecule has 3 nitrogen and oxygen atoms in total. The molecule has 2 rings (SSSR count). The molecule has 0 bridgehead atoms. The number of thiophene rings is 1. The van der Waals surface area contributed by atoms with Crippen molar-refractivity contribution in [2.45, 2.75) is 39.5 Å². The van der Waals surface area contributed by atoms with Crippen molar-refractivity contribution in [1.29, 1.82) is 0 Å². The van der Waals surface area contributed by atoms with Gasteiger partial charge in [0.05, 0.1) is 6.61 Å². The maximum atomic E-state index is 5.83. The minimum Gasteiger partial charge on any atom is -0.385 e. The average molecular weight is 307 g/mol. The van der Waals surface area contributed by atoms with E-state index in [9.17, 15) is 0 Å².